The Hall–Kier alpha value is -1.65. The van der Waals surface area contributed by atoms with Crippen LogP contribution in [0.4, 0.5) is 5.82 Å². The SMILES string of the molecule is C/C=N\c1c(C(=N)N(C)C)ncn1C. The number of amidine groups is 1. The van der Waals surface area contributed by atoms with Crippen molar-refractivity contribution >= 4 is 17.9 Å². The van der Waals surface area contributed by atoms with E-state index in [0.717, 1.165) is 0 Å². The number of imidazole rings is 1. The van der Waals surface area contributed by atoms with Crippen molar-refractivity contribution in [2.24, 2.45) is 12.0 Å². The maximum atomic E-state index is 7.79. The Kier molecular flexibility index (Phi) is 3.01. The van der Waals surface area contributed by atoms with Gasteiger partial charge in [0.05, 0.1) is 6.33 Å². The van der Waals surface area contributed by atoms with Crippen molar-refractivity contribution in [1.82, 2.24) is 14.5 Å². The van der Waals surface area contributed by atoms with Gasteiger partial charge in [0.2, 0.25) is 0 Å². The molecule has 0 aliphatic heterocycles. The van der Waals surface area contributed by atoms with Crippen LogP contribution in [0.1, 0.15) is 12.6 Å². The van der Waals surface area contributed by atoms with Crippen LogP contribution in [0, 0.1) is 5.41 Å². The fraction of sp³-hybridized carbons (Fsp3) is 0.444. The van der Waals surface area contributed by atoms with Crippen LogP contribution in [0.15, 0.2) is 11.3 Å². The number of aliphatic imine (C=N–C) groups is 1. The third kappa shape index (κ3) is 1.81. The molecule has 0 saturated carbocycles. The number of hydrogen-bond acceptors (Lipinski definition) is 3. The molecule has 0 aliphatic carbocycles. The Balaban J connectivity index is 3.15. The summed E-state index contributed by atoms with van der Waals surface area (Å²) in [5.74, 6) is 1.08. The van der Waals surface area contributed by atoms with E-state index in [1.165, 1.54) is 0 Å². The number of nitrogens with one attached hydrogen (secondary N) is 1. The van der Waals surface area contributed by atoms with Gasteiger partial charge in [-0.25, -0.2) is 9.98 Å². The van der Waals surface area contributed by atoms with Gasteiger partial charge in [0.15, 0.2) is 11.7 Å². The first-order chi connectivity index (χ1) is 6.57. The minimum atomic E-state index is 0.367. The minimum absolute atomic E-state index is 0.367. The number of hydrogen-bond donors (Lipinski definition) is 1. The molecule has 0 unspecified atom stereocenters. The highest BCUT2D eigenvalue weighted by molar-refractivity contribution is 5.98. The van der Waals surface area contributed by atoms with Gasteiger partial charge in [-0.15, -0.1) is 0 Å². The smallest absolute Gasteiger partial charge is 0.163 e. The molecule has 0 radical (unpaired) electrons. The molecule has 1 aromatic heterocycles. The van der Waals surface area contributed by atoms with Gasteiger partial charge in [-0.05, 0) is 6.92 Å². The summed E-state index contributed by atoms with van der Waals surface area (Å²) in [7, 11) is 5.49. The molecule has 0 aliphatic rings. The molecule has 0 atom stereocenters. The van der Waals surface area contributed by atoms with E-state index in [1.807, 2.05) is 28.1 Å². The summed E-state index contributed by atoms with van der Waals surface area (Å²) in [5.41, 5.74) is 0.607. The highest BCUT2D eigenvalue weighted by atomic mass is 15.2. The first-order valence-corrected chi connectivity index (χ1v) is 4.34. The number of aryl methyl sites for hydroxylation is 1. The van der Waals surface area contributed by atoms with Crippen LogP contribution in [0.25, 0.3) is 0 Å². The highest BCUT2D eigenvalue weighted by Gasteiger charge is 2.13. The molecular weight excluding hydrogens is 178 g/mol. The van der Waals surface area contributed by atoms with Crippen molar-refractivity contribution < 1.29 is 0 Å². The lowest BCUT2D eigenvalue weighted by molar-refractivity contribution is 0.617. The summed E-state index contributed by atoms with van der Waals surface area (Å²) in [4.78, 5) is 10.0. The topological polar surface area (TPSA) is 57.3 Å². The molecule has 1 N–H and O–H groups in total. The van der Waals surface area contributed by atoms with Gasteiger partial charge in [0, 0.05) is 27.4 Å². The normalized spacial score (nSPS) is 10.9. The summed E-state index contributed by atoms with van der Waals surface area (Å²) in [6, 6.07) is 0. The lowest BCUT2D eigenvalue weighted by Gasteiger charge is -2.11. The van der Waals surface area contributed by atoms with Crippen molar-refractivity contribution in [1.29, 1.82) is 5.41 Å². The third-order valence-electron chi connectivity index (χ3n) is 1.83. The van der Waals surface area contributed by atoms with Crippen LogP contribution >= 0.6 is 0 Å². The predicted octanol–water partition coefficient (Wildman–Crippen LogP) is 1.03. The molecule has 0 bridgehead atoms. The maximum Gasteiger partial charge on any atom is 0.163 e. The zero-order valence-electron chi connectivity index (χ0n) is 8.94. The first kappa shape index (κ1) is 10.4. The summed E-state index contributed by atoms with van der Waals surface area (Å²) in [6.07, 6.45) is 3.36. The molecule has 1 aromatic rings. The molecule has 0 spiro atoms. The molecular formula is C9H15N5. The Bertz CT molecular complexity index is 361. The molecule has 0 aromatic carbocycles. The van der Waals surface area contributed by atoms with Crippen molar-refractivity contribution in [3.63, 3.8) is 0 Å². The van der Waals surface area contributed by atoms with E-state index in [0.29, 0.717) is 17.3 Å². The zero-order chi connectivity index (χ0) is 10.7. The Morgan fingerprint density at radius 3 is 2.79 bits per heavy atom. The molecule has 5 heteroatoms. The monoisotopic (exact) mass is 193 g/mol. The summed E-state index contributed by atoms with van der Waals surface area (Å²) < 4.78 is 1.80. The van der Waals surface area contributed by atoms with Gasteiger partial charge >= 0.3 is 0 Å². The molecule has 0 fully saturated rings. The van der Waals surface area contributed by atoms with Crippen LogP contribution in [0.3, 0.4) is 0 Å². The number of aromatic nitrogens is 2. The third-order valence-corrected chi connectivity index (χ3v) is 1.83. The second kappa shape index (κ2) is 4.04. The highest BCUT2D eigenvalue weighted by Crippen LogP contribution is 2.17. The van der Waals surface area contributed by atoms with Crippen molar-refractivity contribution in [3.8, 4) is 0 Å². The quantitative estimate of drug-likeness (QED) is 0.563. The van der Waals surface area contributed by atoms with E-state index >= 15 is 0 Å². The average molecular weight is 193 g/mol. The first-order valence-electron chi connectivity index (χ1n) is 4.34. The van der Waals surface area contributed by atoms with Crippen molar-refractivity contribution in [2.75, 3.05) is 14.1 Å². The van der Waals surface area contributed by atoms with Gasteiger partial charge in [0.1, 0.15) is 5.69 Å². The Morgan fingerprint density at radius 2 is 2.29 bits per heavy atom. The second-order valence-corrected chi connectivity index (χ2v) is 3.16. The summed E-state index contributed by atoms with van der Waals surface area (Å²) in [6.45, 7) is 1.84. The molecule has 0 saturated heterocycles. The van der Waals surface area contributed by atoms with Crippen LogP contribution in [0.5, 0.6) is 0 Å². The standard InChI is InChI=1S/C9H15N5/c1-5-11-9-7(8(10)13(2)3)12-6-14(9)4/h5-6,10H,1-4H3/b10-8?,11-5-. The van der Waals surface area contributed by atoms with Gasteiger partial charge in [-0.1, -0.05) is 0 Å². The molecule has 14 heavy (non-hydrogen) atoms. The van der Waals surface area contributed by atoms with E-state index in [4.69, 9.17) is 5.41 Å². The average Bonchev–Trinajstić information content (AvgIpc) is 2.48. The zero-order valence-corrected chi connectivity index (χ0v) is 8.94. The maximum absolute atomic E-state index is 7.79. The summed E-state index contributed by atoms with van der Waals surface area (Å²) in [5, 5.41) is 7.79. The molecule has 1 rings (SSSR count). The molecule has 5 nitrogen and oxygen atoms in total. The van der Waals surface area contributed by atoms with Crippen LogP contribution in [-0.4, -0.2) is 40.6 Å². The number of rotatable bonds is 2. The van der Waals surface area contributed by atoms with Gasteiger partial charge in [-0.2, -0.15) is 0 Å². The largest absolute Gasteiger partial charge is 0.361 e. The van der Waals surface area contributed by atoms with Gasteiger partial charge < -0.3 is 9.47 Å². The van der Waals surface area contributed by atoms with Gasteiger partial charge in [0.25, 0.3) is 0 Å². The minimum Gasteiger partial charge on any atom is -0.361 e. The number of nitrogens with zero attached hydrogens (tertiary/aromatic N) is 4. The second-order valence-electron chi connectivity index (χ2n) is 3.16. The van der Waals surface area contributed by atoms with E-state index in [2.05, 4.69) is 9.98 Å². The van der Waals surface area contributed by atoms with Crippen molar-refractivity contribution in [2.45, 2.75) is 6.92 Å². The van der Waals surface area contributed by atoms with E-state index in [1.54, 1.807) is 22.0 Å². The lowest BCUT2D eigenvalue weighted by atomic mass is 10.3. The van der Waals surface area contributed by atoms with Gasteiger partial charge in [-0.3, -0.25) is 5.41 Å². The molecule has 76 valence electrons. The van der Waals surface area contributed by atoms with Crippen molar-refractivity contribution in [3.05, 3.63) is 12.0 Å². The Labute approximate surface area is 83.6 Å². The molecule has 1 heterocycles. The lowest BCUT2D eigenvalue weighted by Crippen LogP contribution is -2.22. The van der Waals surface area contributed by atoms with Crippen LogP contribution in [0.2, 0.25) is 0 Å². The molecule has 0 amide bonds. The van der Waals surface area contributed by atoms with Crippen LogP contribution < -0.4 is 0 Å². The fourth-order valence-electron chi connectivity index (χ4n) is 1.08. The Morgan fingerprint density at radius 1 is 1.64 bits per heavy atom. The predicted molar refractivity (Wildman–Crippen MR) is 57.5 cm³/mol. The van der Waals surface area contributed by atoms with Crippen LogP contribution in [-0.2, 0) is 7.05 Å². The summed E-state index contributed by atoms with van der Waals surface area (Å²) >= 11 is 0. The van der Waals surface area contributed by atoms with E-state index in [9.17, 15) is 0 Å². The van der Waals surface area contributed by atoms with E-state index < -0.39 is 0 Å². The fourth-order valence-corrected chi connectivity index (χ4v) is 1.08. The van der Waals surface area contributed by atoms with E-state index in [-0.39, 0.29) is 0 Å².